The lowest BCUT2D eigenvalue weighted by Crippen LogP contribution is -2.38. The van der Waals surface area contributed by atoms with E-state index in [2.05, 4.69) is 5.32 Å². The van der Waals surface area contributed by atoms with Crippen molar-refractivity contribution < 1.29 is 8.42 Å². The molecular weight excluding hydrogens is 224 g/mol. The summed E-state index contributed by atoms with van der Waals surface area (Å²) in [6, 6.07) is 7.29. The van der Waals surface area contributed by atoms with Crippen molar-refractivity contribution >= 4 is 21.2 Å². The molecule has 0 spiro atoms. The van der Waals surface area contributed by atoms with Gasteiger partial charge in [-0.2, -0.15) is 0 Å². The van der Waals surface area contributed by atoms with Crippen LogP contribution < -0.4 is 11.1 Å². The molecule has 1 aromatic carbocycles. The molecule has 16 heavy (non-hydrogen) atoms. The van der Waals surface area contributed by atoms with Gasteiger partial charge in [0.2, 0.25) is 0 Å². The van der Waals surface area contributed by atoms with E-state index < -0.39 is 14.6 Å². The Kier molecular flexibility index (Phi) is 3.48. The number of hydrogen-bond donors (Lipinski definition) is 2. The largest absolute Gasteiger partial charge is 0.397 e. The van der Waals surface area contributed by atoms with Gasteiger partial charge in [-0.05, 0) is 26.0 Å². The second-order valence-electron chi connectivity index (χ2n) is 4.47. The SMILES string of the molecule is CC(C)(CNc1ccccc1N)S(C)(=O)=O. The van der Waals surface area contributed by atoms with Crippen LogP contribution in [0.25, 0.3) is 0 Å². The molecule has 3 N–H and O–H groups in total. The molecule has 1 aromatic rings. The van der Waals surface area contributed by atoms with Crippen molar-refractivity contribution in [2.45, 2.75) is 18.6 Å². The number of nitrogens with one attached hydrogen (secondary N) is 1. The molecule has 5 heteroatoms. The summed E-state index contributed by atoms with van der Waals surface area (Å²) in [6.07, 6.45) is 1.24. The number of nitrogen functional groups attached to an aromatic ring is 1. The number of rotatable bonds is 4. The molecule has 90 valence electrons. The van der Waals surface area contributed by atoms with Crippen LogP contribution in [-0.2, 0) is 9.84 Å². The van der Waals surface area contributed by atoms with Gasteiger partial charge in [0, 0.05) is 12.8 Å². The van der Waals surface area contributed by atoms with Crippen LogP contribution in [0.1, 0.15) is 13.8 Å². The Morgan fingerprint density at radius 1 is 1.31 bits per heavy atom. The first-order valence-electron chi connectivity index (χ1n) is 5.02. The first kappa shape index (κ1) is 12.8. The molecule has 0 atom stereocenters. The first-order valence-corrected chi connectivity index (χ1v) is 6.91. The van der Waals surface area contributed by atoms with Crippen molar-refractivity contribution in [1.29, 1.82) is 0 Å². The van der Waals surface area contributed by atoms with Crippen LogP contribution in [0.3, 0.4) is 0 Å². The van der Waals surface area contributed by atoms with Crippen LogP contribution in [0.5, 0.6) is 0 Å². The van der Waals surface area contributed by atoms with E-state index in [1.807, 2.05) is 18.2 Å². The molecule has 0 aromatic heterocycles. The number of hydrogen-bond acceptors (Lipinski definition) is 4. The predicted octanol–water partition coefficient (Wildman–Crippen LogP) is 1.50. The standard InChI is InChI=1S/C11H18N2O2S/c1-11(2,16(3,14)15)8-13-10-7-5-4-6-9(10)12/h4-7,13H,8,12H2,1-3H3. The summed E-state index contributed by atoms with van der Waals surface area (Å²) < 4.78 is 22.2. The fourth-order valence-corrected chi connectivity index (χ4v) is 1.43. The Morgan fingerprint density at radius 3 is 2.38 bits per heavy atom. The van der Waals surface area contributed by atoms with Crippen LogP contribution >= 0.6 is 0 Å². The number of sulfone groups is 1. The summed E-state index contributed by atoms with van der Waals surface area (Å²) in [6.45, 7) is 3.71. The second-order valence-corrected chi connectivity index (χ2v) is 7.12. The molecule has 0 unspecified atom stereocenters. The lowest BCUT2D eigenvalue weighted by atomic mass is 10.2. The van der Waals surface area contributed by atoms with Crippen molar-refractivity contribution in [3.05, 3.63) is 24.3 Å². The Hall–Kier alpha value is -1.23. The lowest BCUT2D eigenvalue weighted by molar-refractivity contribution is 0.560. The zero-order valence-electron chi connectivity index (χ0n) is 9.82. The minimum Gasteiger partial charge on any atom is -0.397 e. The molecule has 0 aliphatic carbocycles. The molecule has 1 rings (SSSR count). The van der Waals surface area contributed by atoms with Crippen molar-refractivity contribution in [3.8, 4) is 0 Å². The maximum atomic E-state index is 11.5. The molecule has 0 amide bonds. The average Bonchev–Trinajstić information content (AvgIpc) is 2.15. The fraction of sp³-hybridized carbons (Fsp3) is 0.455. The van der Waals surface area contributed by atoms with Crippen LogP contribution in [0.15, 0.2) is 24.3 Å². The third kappa shape index (κ3) is 2.88. The van der Waals surface area contributed by atoms with E-state index in [4.69, 9.17) is 5.73 Å². The zero-order chi connectivity index (χ0) is 12.4. The second kappa shape index (κ2) is 4.33. The maximum Gasteiger partial charge on any atom is 0.154 e. The third-order valence-electron chi connectivity index (χ3n) is 2.67. The summed E-state index contributed by atoms with van der Waals surface area (Å²) in [4.78, 5) is 0. The Morgan fingerprint density at radius 2 is 1.88 bits per heavy atom. The van der Waals surface area contributed by atoms with Gasteiger partial charge in [0.1, 0.15) is 0 Å². The van der Waals surface area contributed by atoms with Crippen LogP contribution in [-0.4, -0.2) is 26.0 Å². The quantitative estimate of drug-likeness (QED) is 0.785. The first-order chi connectivity index (χ1) is 7.24. The van der Waals surface area contributed by atoms with Gasteiger partial charge in [-0.1, -0.05) is 12.1 Å². The van der Waals surface area contributed by atoms with E-state index in [1.165, 1.54) is 6.26 Å². The summed E-state index contributed by atoms with van der Waals surface area (Å²) in [7, 11) is -3.09. The van der Waals surface area contributed by atoms with Crippen LogP contribution in [0, 0.1) is 0 Å². The van der Waals surface area contributed by atoms with E-state index in [-0.39, 0.29) is 0 Å². The molecule has 0 heterocycles. The highest BCUT2D eigenvalue weighted by Gasteiger charge is 2.29. The molecular formula is C11H18N2O2S. The maximum absolute atomic E-state index is 11.5. The number of nitrogens with two attached hydrogens (primary N) is 1. The van der Waals surface area contributed by atoms with Crippen molar-refractivity contribution in [2.75, 3.05) is 23.9 Å². The normalized spacial score (nSPS) is 12.4. The topological polar surface area (TPSA) is 72.2 Å². The van der Waals surface area contributed by atoms with Gasteiger partial charge in [0.25, 0.3) is 0 Å². The van der Waals surface area contributed by atoms with Gasteiger partial charge in [-0.15, -0.1) is 0 Å². The number of benzene rings is 1. The molecule has 0 aliphatic heterocycles. The monoisotopic (exact) mass is 242 g/mol. The van der Waals surface area contributed by atoms with Crippen LogP contribution in [0.2, 0.25) is 0 Å². The molecule has 4 nitrogen and oxygen atoms in total. The van der Waals surface area contributed by atoms with Gasteiger partial charge in [-0.3, -0.25) is 0 Å². The van der Waals surface area contributed by atoms with E-state index in [0.29, 0.717) is 12.2 Å². The predicted molar refractivity (Wildman–Crippen MR) is 68.3 cm³/mol. The van der Waals surface area contributed by atoms with Crippen LogP contribution in [0.4, 0.5) is 11.4 Å². The fourth-order valence-electron chi connectivity index (χ4n) is 1.10. The van der Waals surface area contributed by atoms with Gasteiger partial charge in [0.05, 0.1) is 16.1 Å². The minimum atomic E-state index is -3.09. The smallest absolute Gasteiger partial charge is 0.154 e. The van der Waals surface area contributed by atoms with Gasteiger partial charge >= 0.3 is 0 Å². The molecule has 0 fully saturated rings. The molecule has 0 bridgehead atoms. The number of anilines is 2. The zero-order valence-corrected chi connectivity index (χ0v) is 10.6. The molecule has 0 saturated carbocycles. The summed E-state index contributed by atoms with van der Waals surface area (Å²) in [5.41, 5.74) is 7.13. The highest BCUT2D eigenvalue weighted by Crippen LogP contribution is 2.20. The van der Waals surface area contributed by atoms with Crippen molar-refractivity contribution in [2.24, 2.45) is 0 Å². The van der Waals surface area contributed by atoms with E-state index in [0.717, 1.165) is 5.69 Å². The summed E-state index contributed by atoms with van der Waals surface area (Å²) in [5, 5.41) is 3.06. The lowest BCUT2D eigenvalue weighted by Gasteiger charge is -2.23. The van der Waals surface area contributed by atoms with Crippen molar-refractivity contribution in [3.63, 3.8) is 0 Å². The molecule has 0 radical (unpaired) electrons. The minimum absolute atomic E-state index is 0.333. The highest BCUT2D eigenvalue weighted by atomic mass is 32.2. The van der Waals surface area contributed by atoms with E-state index in [9.17, 15) is 8.42 Å². The Bertz CT molecular complexity index is 467. The average molecular weight is 242 g/mol. The molecule has 0 saturated heterocycles. The Labute approximate surface area is 96.8 Å². The highest BCUT2D eigenvalue weighted by molar-refractivity contribution is 7.92. The summed E-state index contributed by atoms with van der Waals surface area (Å²) in [5.74, 6) is 0. The summed E-state index contributed by atoms with van der Waals surface area (Å²) >= 11 is 0. The van der Waals surface area contributed by atoms with Gasteiger partial charge in [0.15, 0.2) is 9.84 Å². The van der Waals surface area contributed by atoms with Crippen molar-refractivity contribution in [1.82, 2.24) is 0 Å². The van der Waals surface area contributed by atoms with E-state index in [1.54, 1.807) is 19.9 Å². The van der Waals surface area contributed by atoms with E-state index >= 15 is 0 Å². The molecule has 0 aliphatic rings. The third-order valence-corrected chi connectivity index (χ3v) is 4.82. The van der Waals surface area contributed by atoms with Gasteiger partial charge in [-0.25, -0.2) is 8.42 Å². The van der Waals surface area contributed by atoms with Gasteiger partial charge < -0.3 is 11.1 Å². The number of para-hydroxylation sites is 2. The Balaban J connectivity index is 2.77.